The van der Waals surface area contributed by atoms with E-state index in [0.717, 1.165) is 50.5 Å². The molecule has 0 spiro atoms. The van der Waals surface area contributed by atoms with Crippen molar-refractivity contribution in [1.29, 1.82) is 0 Å². The lowest BCUT2D eigenvalue weighted by molar-refractivity contribution is 0.292. The third-order valence-corrected chi connectivity index (χ3v) is 6.96. The Morgan fingerprint density at radius 1 is 0.618 bits per heavy atom. The number of nitrogens with zero attached hydrogens (tertiary/aromatic N) is 1. The van der Waals surface area contributed by atoms with Gasteiger partial charge in [-0.3, -0.25) is 0 Å². The lowest BCUT2D eigenvalue weighted by Crippen LogP contribution is -2.08. The van der Waals surface area contributed by atoms with Gasteiger partial charge < -0.3 is 9.47 Å². The first-order chi connectivity index (χ1) is 16.8. The highest BCUT2D eigenvalue weighted by Gasteiger charge is 2.18. The molecule has 0 unspecified atom stereocenters. The molecule has 1 aliphatic rings. The van der Waals surface area contributed by atoms with E-state index < -0.39 is 0 Å². The van der Waals surface area contributed by atoms with Crippen LogP contribution in [0.5, 0.6) is 11.6 Å². The second-order valence-corrected chi connectivity index (χ2v) is 9.90. The van der Waals surface area contributed by atoms with Crippen LogP contribution >= 0.6 is 0 Å². The first-order valence-corrected chi connectivity index (χ1v) is 14.2. The largest absolute Gasteiger partial charge is 0.494 e. The standard InChI is InChI=1S/C31H47NO2/c1-3-5-7-9-11-12-14-15-23-33-27-18-19-28-26(25-27)17-21-30-29(28)20-22-31(32-30)34-24-16-13-10-8-6-4-2/h18-20,22,25H,3-17,21,23-24H2,1-2H3. The molecule has 0 atom stereocenters. The van der Waals surface area contributed by atoms with Crippen LogP contribution in [0.2, 0.25) is 0 Å². The van der Waals surface area contributed by atoms with Gasteiger partial charge in [0.25, 0.3) is 0 Å². The number of pyridine rings is 1. The number of unbranched alkanes of at least 4 members (excludes halogenated alkanes) is 12. The van der Waals surface area contributed by atoms with Crippen LogP contribution in [-0.4, -0.2) is 18.2 Å². The minimum absolute atomic E-state index is 0.772. The molecular formula is C31H47NO2. The Balaban J connectivity index is 1.40. The molecule has 0 aliphatic heterocycles. The fourth-order valence-corrected chi connectivity index (χ4v) is 4.87. The quantitative estimate of drug-likeness (QED) is 0.206. The number of benzene rings is 1. The summed E-state index contributed by atoms with van der Waals surface area (Å²) in [6, 6.07) is 10.8. The van der Waals surface area contributed by atoms with Gasteiger partial charge in [0.1, 0.15) is 5.75 Å². The molecule has 0 saturated carbocycles. The third-order valence-electron chi connectivity index (χ3n) is 6.96. The van der Waals surface area contributed by atoms with Crippen molar-refractivity contribution >= 4 is 0 Å². The molecule has 0 N–H and O–H groups in total. The summed E-state index contributed by atoms with van der Waals surface area (Å²) in [6.45, 7) is 6.13. The number of fused-ring (bicyclic) bond motifs is 3. The number of ether oxygens (including phenoxy) is 2. The van der Waals surface area contributed by atoms with Crippen LogP contribution in [0.3, 0.4) is 0 Å². The molecule has 0 amide bonds. The molecule has 3 rings (SSSR count). The van der Waals surface area contributed by atoms with Gasteiger partial charge in [-0.05, 0) is 55.0 Å². The molecule has 3 nitrogen and oxygen atoms in total. The summed E-state index contributed by atoms with van der Waals surface area (Å²) >= 11 is 0. The van der Waals surface area contributed by atoms with E-state index in [1.165, 1.54) is 99.4 Å². The van der Waals surface area contributed by atoms with E-state index in [2.05, 4.69) is 38.1 Å². The van der Waals surface area contributed by atoms with Crippen LogP contribution in [0.25, 0.3) is 11.1 Å². The fourth-order valence-electron chi connectivity index (χ4n) is 4.87. The van der Waals surface area contributed by atoms with Gasteiger partial charge in [-0.1, -0.05) is 97.0 Å². The number of hydrogen-bond donors (Lipinski definition) is 0. The molecule has 3 heteroatoms. The predicted molar refractivity (Wildman–Crippen MR) is 144 cm³/mol. The minimum Gasteiger partial charge on any atom is -0.494 e. The zero-order valence-corrected chi connectivity index (χ0v) is 21.9. The smallest absolute Gasteiger partial charge is 0.213 e. The van der Waals surface area contributed by atoms with Crippen molar-refractivity contribution in [2.75, 3.05) is 13.2 Å². The summed E-state index contributed by atoms with van der Waals surface area (Å²) in [6.07, 6.45) is 20.3. The van der Waals surface area contributed by atoms with Gasteiger partial charge in [-0.15, -0.1) is 0 Å². The molecule has 34 heavy (non-hydrogen) atoms. The number of rotatable bonds is 18. The molecule has 1 heterocycles. The minimum atomic E-state index is 0.772. The molecule has 1 aliphatic carbocycles. The molecule has 188 valence electrons. The second-order valence-electron chi connectivity index (χ2n) is 9.90. The molecule has 0 radical (unpaired) electrons. The van der Waals surface area contributed by atoms with E-state index in [1.807, 2.05) is 6.07 Å². The Kier molecular flexibility index (Phi) is 12.3. The van der Waals surface area contributed by atoms with Crippen molar-refractivity contribution in [3.63, 3.8) is 0 Å². The number of aryl methyl sites for hydroxylation is 2. The second kappa shape index (κ2) is 15.8. The average molecular weight is 466 g/mol. The van der Waals surface area contributed by atoms with Gasteiger partial charge in [0.05, 0.1) is 18.9 Å². The average Bonchev–Trinajstić information content (AvgIpc) is 2.87. The molecule has 2 aromatic rings. The van der Waals surface area contributed by atoms with Crippen molar-refractivity contribution in [3.8, 4) is 22.8 Å². The van der Waals surface area contributed by atoms with Crippen molar-refractivity contribution < 1.29 is 9.47 Å². The number of aromatic nitrogens is 1. The van der Waals surface area contributed by atoms with Crippen LogP contribution in [0.1, 0.15) is 115 Å². The summed E-state index contributed by atoms with van der Waals surface area (Å²) in [4.78, 5) is 4.83. The van der Waals surface area contributed by atoms with E-state index >= 15 is 0 Å². The van der Waals surface area contributed by atoms with Crippen LogP contribution in [0.4, 0.5) is 0 Å². The van der Waals surface area contributed by atoms with E-state index in [0.29, 0.717) is 0 Å². The van der Waals surface area contributed by atoms with Gasteiger partial charge in [0.15, 0.2) is 0 Å². The topological polar surface area (TPSA) is 31.4 Å². The summed E-state index contributed by atoms with van der Waals surface area (Å²) in [5, 5.41) is 0. The van der Waals surface area contributed by atoms with E-state index in [9.17, 15) is 0 Å². The fraction of sp³-hybridized carbons (Fsp3) is 0.645. The Hall–Kier alpha value is -2.03. The highest BCUT2D eigenvalue weighted by atomic mass is 16.5. The SMILES string of the molecule is CCCCCCCCCCOc1ccc2c(c1)CCc1nc(OCCCCCCCC)ccc1-2. The highest BCUT2D eigenvalue weighted by Crippen LogP contribution is 2.35. The molecule has 0 fully saturated rings. The molecule has 0 saturated heterocycles. The van der Waals surface area contributed by atoms with Crippen LogP contribution in [0.15, 0.2) is 30.3 Å². The third kappa shape index (κ3) is 8.96. The van der Waals surface area contributed by atoms with Crippen LogP contribution in [0, 0.1) is 0 Å². The highest BCUT2D eigenvalue weighted by molar-refractivity contribution is 5.73. The summed E-state index contributed by atoms with van der Waals surface area (Å²) in [5.74, 6) is 1.79. The maximum absolute atomic E-state index is 6.07. The van der Waals surface area contributed by atoms with Gasteiger partial charge in [-0.25, -0.2) is 4.98 Å². The first-order valence-electron chi connectivity index (χ1n) is 14.2. The zero-order valence-electron chi connectivity index (χ0n) is 21.9. The zero-order chi connectivity index (χ0) is 23.8. The number of hydrogen-bond acceptors (Lipinski definition) is 3. The van der Waals surface area contributed by atoms with Crippen LogP contribution < -0.4 is 9.47 Å². The maximum Gasteiger partial charge on any atom is 0.213 e. The predicted octanol–water partition coefficient (Wildman–Crippen LogP) is 9.11. The van der Waals surface area contributed by atoms with Crippen molar-refractivity contribution in [3.05, 3.63) is 41.6 Å². The van der Waals surface area contributed by atoms with E-state index in [4.69, 9.17) is 14.5 Å². The Labute approximate surface area is 208 Å². The summed E-state index contributed by atoms with van der Waals surface area (Å²) in [7, 11) is 0. The van der Waals surface area contributed by atoms with Crippen molar-refractivity contribution in [2.24, 2.45) is 0 Å². The molecule has 0 bridgehead atoms. The molecule has 1 aromatic heterocycles. The first kappa shape index (κ1) is 26.6. The van der Waals surface area contributed by atoms with Gasteiger partial charge in [0.2, 0.25) is 5.88 Å². The Bertz CT molecular complexity index is 832. The molecule has 1 aromatic carbocycles. The van der Waals surface area contributed by atoms with Gasteiger partial charge >= 0.3 is 0 Å². The Morgan fingerprint density at radius 3 is 1.88 bits per heavy atom. The van der Waals surface area contributed by atoms with Crippen molar-refractivity contribution in [2.45, 2.75) is 117 Å². The van der Waals surface area contributed by atoms with E-state index in [1.54, 1.807) is 0 Å². The normalized spacial score (nSPS) is 12.3. The maximum atomic E-state index is 6.07. The van der Waals surface area contributed by atoms with Gasteiger partial charge in [0, 0.05) is 11.6 Å². The monoisotopic (exact) mass is 465 g/mol. The molecular weight excluding hydrogens is 418 g/mol. The lowest BCUT2D eigenvalue weighted by Gasteiger charge is -2.20. The Morgan fingerprint density at radius 2 is 1.21 bits per heavy atom. The van der Waals surface area contributed by atoms with Crippen LogP contribution in [-0.2, 0) is 12.8 Å². The summed E-state index contributed by atoms with van der Waals surface area (Å²) < 4.78 is 12.0. The van der Waals surface area contributed by atoms with E-state index in [-0.39, 0.29) is 0 Å². The summed E-state index contributed by atoms with van der Waals surface area (Å²) in [5.41, 5.74) is 5.10. The van der Waals surface area contributed by atoms with Gasteiger partial charge in [-0.2, -0.15) is 0 Å². The van der Waals surface area contributed by atoms with Crippen molar-refractivity contribution in [1.82, 2.24) is 4.98 Å². The lowest BCUT2D eigenvalue weighted by atomic mass is 9.88.